The molecule has 5 heteroatoms. The van der Waals surface area contributed by atoms with Crippen LogP contribution in [0.5, 0.6) is 0 Å². The van der Waals surface area contributed by atoms with Crippen molar-refractivity contribution in [3.63, 3.8) is 0 Å². The monoisotopic (exact) mass is 333 g/mol. The van der Waals surface area contributed by atoms with E-state index in [2.05, 4.69) is 22.9 Å². The molecule has 1 rings (SSSR count). The zero-order chi connectivity index (χ0) is 13.8. The minimum atomic E-state index is -3.35. The molecule has 0 N–H and O–H groups in total. The molecule has 0 saturated heterocycles. The van der Waals surface area contributed by atoms with Gasteiger partial charge in [0.15, 0.2) is 0 Å². The molecule has 102 valence electrons. The number of rotatable bonds is 6. The number of nitrogens with zero attached hydrogens (tertiary/aromatic N) is 1. The molecule has 1 aromatic carbocycles. The number of hydrogen-bond donors (Lipinski definition) is 0. The lowest BCUT2D eigenvalue weighted by atomic mass is 10.2. The maximum absolute atomic E-state index is 12.4. The van der Waals surface area contributed by atoms with E-state index < -0.39 is 10.0 Å². The quantitative estimate of drug-likeness (QED) is 0.798. The zero-order valence-electron chi connectivity index (χ0n) is 11.1. The van der Waals surface area contributed by atoms with Gasteiger partial charge in [0.1, 0.15) is 0 Å². The molecule has 0 radical (unpaired) electrons. The van der Waals surface area contributed by atoms with Crippen LogP contribution in [0.1, 0.15) is 32.3 Å². The maximum atomic E-state index is 12.4. The van der Waals surface area contributed by atoms with Crippen LogP contribution >= 0.6 is 15.9 Å². The van der Waals surface area contributed by atoms with Gasteiger partial charge in [0.2, 0.25) is 10.0 Å². The van der Waals surface area contributed by atoms with Crippen molar-refractivity contribution in [2.75, 3.05) is 13.1 Å². The van der Waals surface area contributed by atoms with Gasteiger partial charge in [-0.05, 0) is 37.1 Å². The molecule has 0 aliphatic carbocycles. The molecule has 0 atom stereocenters. The Bertz CT molecular complexity index is 500. The lowest BCUT2D eigenvalue weighted by Gasteiger charge is -2.20. The van der Waals surface area contributed by atoms with Crippen LogP contribution in [0.2, 0.25) is 0 Å². The molecule has 0 aliphatic heterocycles. The van der Waals surface area contributed by atoms with Gasteiger partial charge < -0.3 is 0 Å². The van der Waals surface area contributed by atoms with Gasteiger partial charge in [0.05, 0.1) is 4.90 Å². The summed E-state index contributed by atoms with van der Waals surface area (Å²) in [4.78, 5) is 0.376. The van der Waals surface area contributed by atoms with Crippen molar-refractivity contribution >= 4 is 26.0 Å². The average molecular weight is 334 g/mol. The molecule has 0 amide bonds. The third-order valence-corrected chi connectivity index (χ3v) is 5.74. The topological polar surface area (TPSA) is 37.4 Å². The molecule has 0 bridgehead atoms. The third kappa shape index (κ3) is 3.56. The molecular weight excluding hydrogens is 314 g/mol. The second kappa shape index (κ2) is 6.68. The predicted octanol–water partition coefficient (Wildman–Crippen LogP) is 3.57. The van der Waals surface area contributed by atoms with E-state index in [-0.39, 0.29) is 0 Å². The summed E-state index contributed by atoms with van der Waals surface area (Å²) < 4.78 is 27.4. The van der Waals surface area contributed by atoms with E-state index in [0.29, 0.717) is 18.0 Å². The number of hydrogen-bond acceptors (Lipinski definition) is 2. The molecule has 1 aromatic rings. The zero-order valence-corrected chi connectivity index (χ0v) is 13.5. The van der Waals surface area contributed by atoms with E-state index in [0.717, 1.165) is 22.9 Å². The predicted molar refractivity (Wildman–Crippen MR) is 78.2 cm³/mol. The molecule has 0 aromatic heterocycles. The summed E-state index contributed by atoms with van der Waals surface area (Å²) in [6, 6.07) is 5.16. The van der Waals surface area contributed by atoms with Crippen molar-refractivity contribution in [3.8, 4) is 0 Å². The second-order valence-electron chi connectivity index (χ2n) is 4.26. The van der Waals surface area contributed by atoms with E-state index in [9.17, 15) is 8.42 Å². The fourth-order valence-electron chi connectivity index (χ4n) is 1.71. The summed E-state index contributed by atoms with van der Waals surface area (Å²) >= 11 is 3.38. The number of aryl methyl sites for hydroxylation is 1. The Morgan fingerprint density at radius 3 is 2.44 bits per heavy atom. The first-order chi connectivity index (χ1) is 8.43. The van der Waals surface area contributed by atoms with Crippen molar-refractivity contribution < 1.29 is 8.42 Å². The molecule has 0 aliphatic rings. The van der Waals surface area contributed by atoms with Gasteiger partial charge >= 0.3 is 0 Å². The maximum Gasteiger partial charge on any atom is 0.243 e. The summed E-state index contributed by atoms with van der Waals surface area (Å²) in [5.74, 6) is 0. The average Bonchev–Trinajstić information content (AvgIpc) is 2.33. The summed E-state index contributed by atoms with van der Waals surface area (Å²) in [5.41, 5.74) is 0.933. The minimum absolute atomic E-state index is 0.376. The van der Waals surface area contributed by atoms with Crippen molar-refractivity contribution in [1.82, 2.24) is 4.31 Å². The van der Waals surface area contributed by atoms with Gasteiger partial charge in [-0.25, -0.2) is 8.42 Å². The van der Waals surface area contributed by atoms with E-state index >= 15 is 0 Å². The van der Waals surface area contributed by atoms with Crippen LogP contribution in [0.15, 0.2) is 27.6 Å². The Morgan fingerprint density at radius 2 is 1.94 bits per heavy atom. The summed E-state index contributed by atoms with van der Waals surface area (Å²) in [5, 5.41) is 0. The molecule has 0 heterocycles. The van der Waals surface area contributed by atoms with Gasteiger partial charge in [-0.2, -0.15) is 4.31 Å². The summed E-state index contributed by atoms with van der Waals surface area (Å²) in [7, 11) is -3.35. The highest BCUT2D eigenvalue weighted by Gasteiger charge is 2.22. The molecular formula is C13H20BrNO2S. The van der Waals surface area contributed by atoms with E-state index in [1.54, 1.807) is 22.5 Å². The molecule has 0 saturated carbocycles. The van der Waals surface area contributed by atoms with Crippen molar-refractivity contribution in [2.24, 2.45) is 0 Å². The molecule has 0 unspecified atom stereocenters. The smallest absolute Gasteiger partial charge is 0.207 e. The molecule has 3 nitrogen and oxygen atoms in total. The van der Waals surface area contributed by atoms with Gasteiger partial charge in [0.25, 0.3) is 0 Å². The standard InChI is InChI=1S/C13H20BrNO2S/c1-4-6-9-15(5-2)18(16,17)12-7-8-13(14)11(3)10-12/h7-8,10H,4-6,9H2,1-3H3. The first-order valence-electron chi connectivity index (χ1n) is 6.19. The largest absolute Gasteiger partial charge is 0.243 e. The fraction of sp³-hybridized carbons (Fsp3) is 0.538. The van der Waals surface area contributed by atoms with Crippen LogP contribution in [0.4, 0.5) is 0 Å². The second-order valence-corrected chi connectivity index (χ2v) is 7.05. The number of sulfonamides is 1. The number of benzene rings is 1. The van der Waals surface area contributed by atoms with Gasteiger partial charge in [-0.1, -0.05) is 36.2 Å². The normalized spacial score (nSPS) is 12.1. The Hall–Kier alpha value is -0.390. The van der Waals surface area contributed by atoms with Crippen LogP contribution in [0.25, 0.3) is 0 Å². The Kier molecular flexibility index (Phi) is 5.82. The van der Waals surface area contributed by atoms with Gasteiger partial charge in [-0.3, -0.25) is 0 Å². The Morgan fingerprint density at radius 1 is 1.28 bits per heavy atom. The minimum Gasteiger partial charge on any atom is -0.207 e. The van der Waals surface area contributed by atoms with Crippen LogP contribution in [-0.4, -0.2) is 25.8 Å². The Balaban J connectivity index is 3.06. The highest BCUT2D eigenvalue weighted by atomic mass is 79.9. The van der Waals surface area contributed by atoms with Crippen molar-refractivity contribution in [2.45, 2.75) is 38.5 Å². The lowest BCUT2D eigenvalue weighted by Crippen LogP contribution is -2.31. The fourth-order valence-corrected chi connectivity index (χ4v) is 3.53. The van der Waals surface area contributed by atoms with E-state index in [4.69, 9.17) is 0 Å². The first-order valence-corrected chi connectivity index (χ1v) is 8.43. The van der Waals surface area contributed by atoms with E-state index in [1.165, 1.54) is 0 Å². The van der Waals surface area contributed by atoms with Crippen LogP contribution in [0.3, 0.4) is 0 Å². The molecule has 0 spiro atoms. The molecule has 18 heavy (non-hydrogen) atoms. The van der Waals surface area contributed by atoms with E-state index in [1.807, 2.05) is 13.8 Å². The molecule has 0 fully saturated rings. The summed E-state index contributed by atoms with van der Waals surface area (Å²) in [6.07, 6.45) is 1.88. The summed E-state index contributed by atoms with van der Waals surface area (Å²) in [6.45, 7) is 6.93. The van der Waals surface area contributed by atoms with Gasteiger partial charge in [-0.15, -0.1) is 0 Å². The van der Waals surface area contributed by atoms with Crippen LogP contribution in [-0.2, 0) is 10.0 Å². The van der Waals surface area contributed by atoms with Crippen LogP contribution < -0.4 is 0 Å². The van der Waals surface area contributed by atoms with Crippen molar-refractivity contribution in [1.29, 1.82) is 0 Å². The van der Waals surface area contributed by atoms with Crippen molar-refractivity contribution in [3.05, 3.63) is 28.2 Å². The number of unbranched alkanes of at least 4 members (excludes halogenated alkanes) is 1. The third-order valence-electron chi connectivity index (χ3n) is 2.88. The van der Waals surface area contributed by atoms with Crippen LogP contribution in [0, 0.1) is 6.92 Å². The first kappa shape index (κ1) is 15.7. The number of halogens is 1. The Labute approximate surface area is 118 Å². The SMILES string of the molecule is CCCCN(CC)S(=O)(=O)c1ccc(Br)c(C)c1. The lowest BCUT2D eigenvalue weighted by molar-refractivity contribution is 0.419. The highest BCUT2D eigenvalue weighted by molar-refractivity contribution is 9.10. The van der Waals surface area contributed by atoms with Gasteiger partial charge in [0, 0.05) is 17.6 Å². The highest BCUT2D eigenvalue weighted by Crippen LogP contribution is 2.22.